The van der Waals surface area contributed by atoms with Gasteiger partial charge in [0.25, 0.3) is 5.69 Å². The first-order valence-electron chi connectivity index (χ1n) is 10.7. The summed E-state index contributed by atoms with van der Waals surface area (Å²) in [6.45, 7) is 3.51. The number of benzene rings is 2. The van der Waals surface area contributed by atoms with Gasteiger partial charge in [0.05, 0.1) is 33.3 Å². The molecule has 3 heterocycles. The minimum absolute atomic E-state index is 0.106. The van der Waals surface area contributed by atoms with E-state index >= 15 is 0 Å². The number of urea groups is 1. The van der Waals surface area contributed by atoms with Crippen LogP contribution in [0.5, 0.6) is 5.88 Å². The number of carbonyl (C=O) groups is 1. The number of fused-ring (bicyclic) bond motifs is 5. The Morgan fingerprint density at radius 1 is 1.31 bits per heavy atom. The number of aromatic nitrogens is 2. The molecule has 2 aliphatic rings. The van der Waals surface area contributed by atoms with Crippen molar-refractivity contribution in [1.29, 1.82) is 5.26 Å². The number of rotatable bonds is 3. The van der Waals surface area contributed by atoms with Crippen molar-refractivity contribution >= 4 is 29.0 Å². The molecule has 2 aliphatic heterocycles. The van der Waals surface area contributed by atoms with Crippen molar-refractivity contribution in [2.24, 2.45) is 0 Å². The molecule has 12 heteroatoms. The van der Waals surface area contributed by atoms with E-state index in [2.05, 4.69) is 5.32 Å². The maximum Gasteiger partial charge on any atom is 0.336 e. The minimum Gasteiger partial charge on any atom is -0.493 e. The fourth-order valence-corrected chi connectivity index (χ4v) is 5.17. The molecular weight excluding hydrogens is 476 g/mol. The van der Waals surface area contributed by atoms with Crippen LogP contribution in [-0.2, 0) is 0 Å². The first-order valence-corrected chi connectivity index (χ1v) is 11.1. The number of imidazole rings is 1. The molecule has 0 saturated carbocycles. The van der Waals surface area contributed by atoms with E-state index in [1.165, 1.54) is 21.6 Å². The Labute approximate surface area is 203 Å². The van der Waals surface area contributed by atoms with E-state index in [0.717, 1.165) is 4.57 Å². The summed E-state index contributed by atoms with van der Waals surface area (Å²) in [6.07, 6.45) is 0.466. The molecule has 2 bridgehead atoms. The van der Waals surface area contributed by atoms with E-state index in [9.17, 15) is 30.1 Å². The second-order valence-corrected chi connectivity index (χ2v) is 9.00. The normalized spacial score (nSPS) is 17.8. The fourth-order valence-electron chi connectivity index (χ4n) is 4.97. The fraction of sp³-hybridized carbons (Fsp3) is 0.261. The number of halogens is 1. The van der Waals surface area contributed by atoms with Gasteiger partial charge in [0.2, 0.25) is 5.88 Å². The standard InChI is InChI=1S/C23H19ClN6O5/c1-11-3-5-14(7-17(11)30(34)35)26-22(32)27-10-15-8-18(27)20-21(31)29(23(33)28(15)20)16-6-4-13(9-25)19(24)12(16)2/h3-7,15,18,31H,8,10H2,1-2H3,(H,26,32)/t15-,18?/m1/s1. The predicted octanol–water partition coefficient (Wildman–Crippen LogP) is 3.93. The number of amides is 2. The zero-order valence-electron chi connectivity index (χ0n) is 18.6. The third kappa shape index (κ3) is 3.25. The summed E-state index contributed by atoms with van der Waals surface area (Å²) in [5, 5.41) is 34.4. The largest absolute Gasteiger partial charge is 0.493 e. The molecule has 3 aromatic rings. The summed E-state index contributed by atoms with van der Waals surface area (Å²) in [5.41, 5.74) is 1.58. The third-order valence-electron chi connectivity index (χ3n) is 6.69. The molecule has 2 atom stereocenters. The van der Waals surface area contributed by atoms with E-state index < -0.39 is 22.7 Å². The van der Waals surface area contributed by atoms with Crippen molar-refractivity contribution in [1.82, 2.24) is 14.0 Å². The number of nitriles is 1. The number of carbonyl (C=O) groups excluding carboxylic acids is 1. The third-order valence-corrected chi connectivity index (χ3v) is 7.18. The lowest BCUT2D eigenvalue weighted by molar-refractivity contribution is -0.385. The van der Waals surface area contributed by atoms with Crippen LogP contribution in [0.2, 0.25) is 5.02 Å². The monoisotopic (exact) mass is 494 g/mol. The van der Waals surface area contributed by atoms with E-state index in [0.29, 0.717) is 28.9 Å². The van der Waals surface area contributed by atoms with Crippen molar-refractivity contribution in [3.8, 4) is 17.6 Å². The number of likely N-dealkylation sites (tertiary alicyclic amines) is 1. The molecule has 35 heavy (non-hydrogen) atoms. The predicted molar refractivity (Wildman–Crippen MR) is 126 cm³/mol. The van der Waals surface area contributed by atoms with Crippen LogP contribution >= 0.6 is 11.6 Å². The van der Waals surface area contributed by atoms with Gasteiger partial charge in [-0.1, -0.05) is 17.7 Å². The summed E-state index contributed by atoms with van der Waals surface area (Å²) in [6, 6.07) is 8.07. The number of nitro benzene ring substituents is 1. The molecule has 1 unspecified atom stereocenters. The first kappa shape index (κ1) is 22.5. The van der Waals surface area contributed by atoms with Gasteiger partial charge in [0, 0.05) is 23.9 Å². The van der Waals surface area contributed by atoms with Crippen molar-refractivity contribution in [3.63, 3.8) is 0 Å². The summed E-state index contributed by atoms with van der Waals surface area (Å²) < 4.78 is 2.63. The van der Waals surface area contributed by atoms with Crippen LogP contribution in [0, 0.1) is 35.3 Å². The van der Waals surface area contributed by atoms with Crippen LogP contribution in [0.4, 0.5) is 16.2 Å². The number of hydrogen-bond acceptors (Lipinski definition) is 6. The molecule has 0 radical (unpaired) electrons. The average Bonchev–Trinajstić information content (AvgIpc) is 3.48. The van der Waals surface area contributed by atoms with E-state index in [-0.39, 0.29) is 40.4 Å². The Morgan fingerprint density at radius 2 is 2.06 bits per heavy atom. The van der Waals surface area contributed by atoms with Crippen LogP contribution in [0.1, 0.15) is 40.9 Å². The maximum atomic E-state index is 13.3. The molecular formula is C23H19ClN6O5. The number of nitrogens with one attached hydrogen (secondary N) is 1. The quantitative estimate of drug-likeness (QED) is 0.416. The molecule has 2 aromatic carbocycles. The molecule has 178 valence electrons. The van der Waals surface area contributed by atoms with E-state index in [1.54, 1.807) is 32.0 Å². The highest BCUT2D eigenvalue weighted by atomic mass is 35.5. The Bertz CT molecular complexity index is 1530. The van der Waals surface area contributed by atoms with E-state index in [4.69, 9.17) is 11.6 Å². The smallest absolute Gasteiger partial charge is 0.336 e. The molecule has 11 nitrogen and oxygen atoms in total. The molecule has 1 aromatic heterocycles. The molecule has 2 N–H and O–H groups in total. The van der Waals surface area contributed by atoms with Gasteiger partial charge in [-0.3, -0.25) is 14.7 Å². The summed E-state index contributed by atoms with van der Waals surface area (Å²) in [7, 11) is 0. The second kappa shape index (κ2) is 7.89. The van der Waals surface area contributed by atoms with Crippen molar-refractivity contribution in [3.05, 3.63) is 78.3 Å². The first-order chi connectivity index (χ1) is 16.6. The molecule has 0 aliphatic carbocycles. The van der Waals surface area contributed by atoms with Gasteiger partial charge in [-0.25, -0.2) is 14.2 Å². The molecule has 1 saturated heterocycles. The highest BCUT2D eigenvalue weighted by Crippen LogP contribution is 2.49. The lowest BCUT2D eigenvalue weighted by Crippen LogP contribution is -2.40. The van der Waals surface area contributed by atoms with Crippen LogP contribution < -0.4 is 11.0 Å². The molecule has 1 fully saturated rings. The lowest BCUT2D eigenvalue weighted by Gasteiger charge is -2.27. The molecule has 5 rings (SSSR count). The van der Waals surface area contributed by atoms with Crippen LogP contribution in [0.25, 0.3) is 5.69 Å². The number of aryl methyl sites for hydroxylation is 1. The number of aromatic hydroxyl groups is 1. The maximum absolute atomic E-state index is 13.3. The number of nitrogens with zero attached hydrogens (tertiary/aromatic N) is 5. The molecule has 0 spiro atoms. The van der Waals surface area contributed by atoms with Crippen molar-refractivity contribution in [2.45, 2.75) is 32.4 Å². The van der Waals surface area contributed by atoms with Crippen LogP contribution in [-0.4, -0.2) is 36.6 Å². The Kier molecular flexibility index (Phi) is 5.07. The summed E-state index contributed by atoms with van der Waals surface area (Å²) >= 11 is 6.27. The number of anilines is 1. The number of nitro groups is 1. The SMILES string of the molecule is Cc1ccc(NC(=O)N2C[C@H]3CC2c2c(O)n(-c4ccc(C#N)c(Cl)c4C)c(=O)n23)cc1[N+](=O)[O-]. The topological polar surface area (TPSA) is 146 Å². The number of hydrogen-bond donors (Lipinski definition) is 2. The van der Waals surface area contributed by atoms with E-state index in [1.807, 2.05) is 6.07 Å². The van der Waals surface area contributed by atoms with Crippen molar-refractivity contribution < 1.29 is 14.8 Å². The Morgan fingerprint density at radius 3 is 2.74 bits per heavy atom. The Balaban J connectivity index is 1.48. The molecule has 2 amide bonds. The second-order valence-electron chi connectivity index (χ2n) is 8.63. The zero-order chi connectivity index (χ0) is 25.2. The van der Waals surface area contributed by atoms with Gasteiger partial charge in [-0.15, -0.1) is 0 Å². The van der Waals surface area contributed by atoms with Gasteiger partial charge in [-0.05, 0) is 44.0 Å². The highest BCUT2D eigenvalue weighted by molar-refractivity contribution is 6.32. The van der Waals surface area contributed by atoms with Gasteiger partial charge in [0.15, 0.2) is 0 Å². The van der Waals surface area contributed by atoms with Gasteiger partial charge in [-0.2, -0.15) is 5.26 Å². The van der Waals surface area contributed by atoms with Gasteiger partial charge < -0.3 is 15.3 Å². The summed E-state index contributed by atoms with van der Waals surface area (Å²) in [4.78, 5) is 38.5. The summed E-state index contributed by atoms with van der Waals surface area (Å²) in [5.74, 6) is -0.296. The average molecular weight is 495 g/mol. The van der Waals surface area contributed by atoms with Crippen LogP contribution in [0.3, 0.4) is 0 Å². The highest BCUT2D eigenvalue weighted by Gasteiger charge is 2.49. The minimum atomic E-state index is -0.552. The van der Waals surface area contributed by atoms with Crippen LogP contribution in [0.15, 0.2) is 35.1 Å². The zero-order valence-corrected chi connectivity index (χ0v) is 19.4. The van der Waals surface area contributed by atoms with Gasteiger partial charge >= 0.3 is 11.7 Å². The lowest BCUT2D eigenvalue weighted by atomic mass is 10.1. The Hall–Kier alpha value is -4.30. The van der Waals surface area contributed by atoms with Crippen molar-refractivity contribution in [2.75, 3.05) is 11.9 Å². The van der Waals surface area contributed by atoms with Gasteiger partial charge in [0.1, 0.15) is 11.8 Å².